The third kappa shape index (κ3) is 3.72. The third-order valence-corrected chi connectivity index (χ3v) is 2.75. The highest BCUT2D eigenvalue weighted by molar-refractivity contribution is 5.83. The Labute approximate surface area is 127 Å². The van der Waals surface area contributed by atoms with Gasteiger partial charge in [0, 0.05) is 11.6 Å². The quantitative estimate of drug-likeness (QED) is 0.485. The van der Waals surface area contributed by atoms with Crippen LogP contribution in [0.2, 0.25) is 0 Å². The maximum Gasteiger partial charge on any atom is 0.315 e. The fourth-order valence-corrected chi connectivity index (χ4v) is 1.79. The summed E-state index contributed by atoms with van der Waals surface area (Å²) in [4.78, 5) is 10.3. The van der Waals surface area contributed by atoms with Crippen LogP contribution in [0.5, 0.6) is 11.5 Å². The molecule has 0 saturated heterocycles. The minimum absolute atomic E-state index is 0.0536. The molecule has 0 spiro atoms. The first-order valence-electron chi connectivity index (χ1n) is 6.60. The highest BCUT2D eigenvalue weighted by Gasteiger charge is 2.19. The zero-order chi connectivity index (χ0) is 15.9. The molecule has 2 N–H and O–H groups in total. The average Bonchev–Trinajstić information content (AvgIpc) is 2.51. The summed E-state index contributed by atoms with van der Waals surface area (Å²) in [7, 11) is 0. The SMILES string of the molecule is CCOc1cc(/C=N\Nc2ccccc2)cc([N+](=O)[O-])c1O. The largest absolute Gasteiger partial charge is 0.500 e. The summed E-state index contributed by atoms with van der Waals surface area (Å²) in [6.45, 7) is 2.01. The van der Waals surface area contributed by atoms with E-state index in [1.807, 2.05) is 30.3 Å². The highest BCUT2D eigenvalue weighted by Crippen LogP contribution is 2.36. The number of hydrazone groups is 1. The second-order valence-electron chi connectivity index (χ2n) is 4.31. The Kier molecular flexibility index (Phi) is 4.92. The van der Waals surface area contributed by atoms with Crippen molar-refractivity contribution in [3.8, 4) is 11.5 Å². The number of anilines is 1. The van der Waals surface area contributed by atoms with E-state index in [2.05, 4.69) is 10.5 Å². The molecule has 2 aromatic rings. The maximum absolute atomic E-state index is 11.0. The predicted octanol–water partition coefficient (Wildman–Crippen LogP) is 3.15. The average molecular weight is 301 g/mol. The number of hydrogen-bond donors (Lipinski definition) is 2. The lowest BCUT2D eigenvalue weighted by Crippen LogP contribution is -1.98. The molecule has 0 aromatic heterocycles. The minimum atomic E-state index is -0.667. The van der Waals surface area contributed by atoms with Crippen molar-refractivity contribution in [1.82, 2.24) is 0 Å². The molecule has 0 heterocycles. The molecule has 0 radical (unpaired) electrons. The number of hydrogen-bond acceptors (Lipinski definition) is 6. The minimum Gasteiger partial charge on any atom is -0.500 e. The van der Waals surface area contributed by atoms with Crippen molar-refractivity contribution < 1.29 is 14.8 Å². The van der Waals surface area contributed by atoms with Crippen molar-refractivity contribution in [2.45, 2.75) is 6.92 Å². The molecule has 0 atom stereocenters. The van der Waals surface area contributed by atoms with Gasteiger partial charge in [-0.15, -0.1) is 0 Å². The van der Waals surface area contributed by atoms with Crippen molar-refractivity contribution in [3.63, 3.8) is 0 Å². The molecular formula is C15H15N3O4. The summed E-state index contributed by atoms with van der Waals surface area (Å²) in [5.41, 5.74) is 3.61. The van der Waals surface area contributed by atoms with Crippen molar-refractivity contribution in [2.24, 2.45) is 5.10 Å². The van der Waals surface area contributed by atoms with Gasteiger partial charge >= 0.3 is 5.69 Å². The first-order valence-corrected chi connectivity index (χ1v) is 6.60. The lowest BCUT2D eigenvalue weighted by molar-refractivity contribution is -0.386. The van der Waals surface area contributed by atoms with E-state index in [0.29, 0.717) is 5.56 Å². The van der Waals surface area contributed by atoms with E-state index in [4.69, 9.17) is 4.74 Å². The van der Waals surface area contributed by atoms with Crippen LogP contribution < -0.4 is 10.2 Å². The van der Waals surface area contributed by atoms with Crippen LogP contribution in [0.3, 0.4) is 0 Å². The predicted molar refractivity (Wildman–Crippen MR) is 83.6 cm³/mol. The second-order valence-corrected chi connectivity index (χ2v) is 4.31. The molecule has 0 saturated carbocycles. The van der Waals surface area contributed by atoms with Crippen molar-refractivity contribution >= 4 is 17.6 Å². The molecule has 114 valence electrons. The molecule has 0 aliphatic carbocycles. The Morgan fingerprint density at radius 3 is 2.73 bits per heavy atom. The first-order chi connectivity index (χ1) is 10.6. The molecule has 7 nitrogen and oxygen atoms in total. The Balaban J connectivity index is 2.24. The van der Waals surface area contributed by atoms with Crippen molar-refractivity contribution in [1.29, 1.82) is 0 Å². The summed E-state index contributed by atoms with van der Waals surface area (Å²) in [5, 5.41) is 24.8. The molecule has 22 heavy (non-hydrogen) atoms. The van der Waals surface area contributed by atoms with Crippen LogP contribution >= 0.6 is 0 Å². The van der Waals surface area contributed by atoms with Gasteiger partial charge in [0.05, 0.1) is 23.4 Å². The zero-order valence-electron chi connectivity index (χ0n) is 11.9. The van der Waals surface area contributed by atoms with E-state index in [-0.39, 0.29) is 12.4 Å². The van der Waals surface area contributed by atoms with Gasteiger partial charge in [0.25, 0.3) is 0 Å². The van der Waals surface area contributed by atoms with E-state index < -0.39 is 16.4 Å². The Morgan fingerprint density at radius 1 is 1.36 bits per heavy atom. The van der Waals surface area contributed by atoms with Crippen LogP contribution in [0.25, 0.3) is 0 Å². The molecule has 0 aliphatic rings. The van der Waals surface area contributed by atoms with Crippen LogP contribution in [0.4, 0.5) is 11.4 Å². The summed E-state index contributed by atoms with van der Waals surface area (Å²) in [5.74, 6) is -0.433. The lowest BCUT2D eigenvalue weighted by Gasteiger charge is -2.07. The zero-order valence-corrected chi connectivity index (χ0v) is 11.9. The van der Waals surface area contributed by atoms with E-state index in [9.17, 15) is 15.2 Å². The van der Waals surface area contributed by atoms with Gasteiger partial charge in [-0.1, -0.05) is 18.2 Å². The number of nitrogens with one attached hydrogen (secondary N) is 1. The molecule has 7 heteroatoms. The van der Waals surface area contributed by atoms with Gasteiger partial charge in [0.1, 0.15) is 0 Å². The molecule has 0 bridgehead atoms. The van der Waals surface area contributed by atoms with E-state index in [0.717, 1.165) is 5.69 Å². The molecule has 2 rings (SSSR count). The first kappa shape index (κ1) is 15.3. The van der Waals surface area contributed by atoms with Gasteiger partial charge in [-0.2, -0.15) is 5.10 Å². The number of phenols is 1. The Morgan fingerprint density at radius 2 is 2.09 bits per heavy atom. The molecule has 0 amide bonds. The van der Waals surface area contributed by atoms with Gasteiger partial charge in [0.2, 0.25) is 5.75 Å². The monoisotopic (exact) mass is 301 g/mol. The topological polar surface area (TPSA) is 97.0 Å². The van der Waals surface area contributed by atoms with E-state index in [1.165, 1.54) is 18.3 Å². The standard InChI is InChI=1S/C15H15N3O4/c1-2-22-14-9-11(8-13(15(14)19)18(20)21)10-16-17-12-6-4-3-5-7-12/h3-10,17,19H,2H2,1H3/b16-10-. The number of nitro groups is 1. The van der Waals surface area contributed by atoms with Gasteiger partial charge in [-0.05, 0) is 25.1 Å². The smallest absolute Gasteiger partial charge is 0.315 e. The van der Waals surface area contributed by atoms with Crippen LogP contribution in [-0.2, 0) is 0 Å². The summed E-state index contributed by atoms with van der Waals surface area (Å²) < 4.78 is 5.20. The normalized spacial score (nSPS) is 10.6. The van der Waals surface area contributed by atoms with Gasteiger partial charge in [-0.25, -0.2) is 0 Å². The number of aromatic hydroxyl groups is 1. The number of benzene rings is 2. The van der Waals surface area contributed by atoms with Crippen LogP contribution in [0.15, 0.2) is 47.6 Å². The summed E-state index contributed by atoms with van der Waals surface area (Å²) >= 11 is 0. The second kappa shape index (κ2) is 7.07. The number of para-hydroxylation sites is 1. The van der Waals surface area contributed by atoms with Crippen molar-refractivity contribution in [2.75, 3.05) is 12.0 Å². The summed E-state index contributed by atoms with van der Waals surface area (Å²) in [6.07, 6.45) is 1.42. The van der Waals surface area contributed by atoms with Crippen LogP contribution in [0.1, 0.15) is 12.5 Å². The molecular weight excluding hydrogens is 286 g/mol. The number of ether oxygens (including phenoxy) is 1. The lowest BCUT2D eigenvalue weighted by atomic mass is 10.2. The summed E-state index contributed by atoms with van der Waals surface area (Å²) in [6, 6.07) is 12.0. The Bertz CT molecular complexity index is 687. The fourth-order valence-electron chi connectivity index (χ4n) is 1.79. The van der Waals surface area contributed by atoms with Gasteiger partial charge in [0.15, 0.2) is 5.75 Å². The van der Waals surface area contributed by atoms with Crippen LogP contribution in [0, 0.1) is 10.1 Å². The van der Waals surface area contributed by atoms with Gasteiger partial charge < -0.3 is 9.84 Å². The molecule has 0 fully saturated rings. The molecule has 2 aromatic carbocycles. The maximum atomic E-state index is 11.0. The fraction of sp³-hybridized carbons (Fsp3) is 0.133. The molecule has 0 unspecified atom stereocenters. The van der Waals surface area contributed by atoms with E-state index >= 15 is 0 Å². The number of phenolic OH excluding ortho intramolecular Hbond substituents is 1. The van der Waals surface area contributed by atoms with Gasteiger partial charge in [-0.3, -0.25) is 15.5 Å². The van der Waals surface area contributed by atoms with Crippen LogP contribution in [-0.4, -0.2) is 22.9 Å². The highest BCUT2D eigenvalue weighted by atomic mass is 16.6. The van der Waals surface area contributed by atoms with E-state index in [1.54, 1.807) is 6.92 Å². The number of rotatable bonds is 6. The number of nitrogens with zero attached hydrogens (tertiary/aromatic N) is 2. The number of nitro benzene ring substituents is 1. The Hall–Kier alpha value is -3.09. The molecule has 0 aliphatic heterocycles. The third-order valence-electron chi connectivity index (χ3n) is 2.75. The van der Waals surface area contributed by atoms with Crippen molar-refractivity contribution in [3.05, 3.63) is 58.1 Å².